The molecule has 4 nitrogen and oxygen atoms in total. The summed E-state index contributed by atoms with van der Waals surface area (Å²) < 4.78 is 43.1. The first-order chi connectivity index (χ1) is 8.75. The van der Waals surface area contributed by atoms with Crippen molar-refractivity contribution >= 4 is 11.5 Å². The van der Waals surface area contributed by atoms with Gasteiger partial charge in [0.1, 0.15) is 17.5 Å². The SMILES string of the molecule is COc1ccc(N(C)CC(C(=N)N)C(F)(F)F)cc1. The third-order valence-electron chi connectivity index (χ3n) is 2.74. The summed E-state index contributed by atoms with van der Waals surface area (Å²) in [7, 11) is 3.03. The first-order valence-electron chi connectivity index (χ1n) is 5.51. The highest BCUT2D eigenvalue weighted by Crippen LogP contribution is 2.28. The van der Waals surface area contributed by atoms with E-state index in [1.165, 1.54) is 19.1 Å². The summed E-state index contributed by atoms with van der Waals surface area (Å²) in [5, 5.41) is 7.04. The highest BCUT2D eigenvalue weighted by molar-refractivity contribution is 5.81. The molecule has 0 aromatic heterocycles. The van der Waals surface area contributed by atoms with Gasteiger partial charge in [-0.15, -0.1) is 0 Å². The van der Waals surface area contributed by atoms with Gasteiger partial charge < -0.3 is 15.4 Å². The largest absolute Gasteiger partial charge is 0.497 e. The van der Waals surface area contributed by atoms with Crippen LogP contribution in [0.15, 0.2) is 24.3 Å². The Bertz CT molecular complexity index is 431. The van der Waals surface area contributed by atoms with Crippen molar-refractivity contribution in [2.45, 2.75) is 6.18 Å². The minimum Gasteiger partial charge on any atom is -0.497 e. The Morgan fingerprint density at radius 3 is 2.26 bits per heavy atom. The number of methoxy groups -OCH3 is 1. The van der Waals surface area contributed by atoms with Crippen LogP contribution in [0.2, 0.25) is 0 Å². The van der Waals surface area contributed by atoms with E-state index in [2.05, 4.69) is 0 Å². The summed E-state index contributed by atoms with van der Waals surface area (Å²) in [6.45, 7) is -0.398. The summed E-state index contributed by atoms with van der Waals surface area (Å²) in [5.41, 5.74) is 5.61. The Morgan fingerprint density at radius 1 is 1.37 bits per heavy atom. The third kappa shape index (κ3) is 4.04. The van der Waals surface area contributed by atoms with Gasteiger partial charge in [-0.25, -0.2) is 0 Å². The first-order valence-corrected chi connectivity index (χ1v) is 5.51. The topological polar surface area (TPSA) is 62.3 Å². The Kier molecular flexibility index (Phi) is 4.63. The van der Waals surface area contributed by atoms with E-state index < -0.39 is 24.5 Å². The van der Waals surface area contributed by atoms with Gasteiger partial charge >= 0.3 is 6.18 Å². The number of nitrogens with two attached hydrogens (primary N) is 1. The van der Waals surface area contributed by atoms with Crippen LogP contribution in [0.5, 0.6) is 5.75 Å². The molecule has 0 amide bonds. The molecule has 106 valence electrons. The highest BCUT2D eigenvalue weighted by Gasteiger charge is 2.42. The van der Waals surface area contributed by atoms with Crippen LogP contribution >= 0.6 is 0 Å². The van der Waals surface area contributed by atoms with Gasteiger partial charge in [0.05, 0.1) is 7.11 Å². The van der Waals surface area contributed by atoms with E-state index in [4.69, 9.17) is 15.9 Å². The van der Waals surface area contributed by atoms with Crippen molar-refractivity contribution in [2.24, 2.45) is 11.7 Å². The van der Waals surface area contributed by atoms with Gasteiger partial charge in [-0.3, -0.25) is 5.41 Å². The predicted molar refractivity (Wildman–Crippen MR) is 67.7 cm³/mol. The maximum Gasteiger partial charge on any atom is 0.400 e. The Hall–Kier alpha value is -1.92. The average molecular weight is 275 g/mol. The lowest BCUT2D eigenvalue weighted by molar-refractivity contribution is -0.153. The van der Waals surface area contributed by atoms with Crippen molar-refractivity contribution in [2.75, 3.05) is 25.6 Å². The van der Waals surface area contributed by atoms with Gasteiger partial charge in [0.2, 0.25) is 0 Å². The van der Waals surface area contributed by atoms with Crippen LogP contribution in [0.25, 0.3) is 0 Å². The zero-order valence-corrected chi connectivity index (χ0v) is 10.7. The highest BCUT2D eigenvalue weighted by atomic mass is 19.4. The average Bonchev–Trinajstić information content (AvgIpc) is 2.34. The molecule has 1 aromatic rings. The van der Waals surface area contributed by atoms with E-state index in [-0.39, 0.29) is 0 Å². The molecule has 0 aliphatic rings. The molecule has 1 atom stereocenters. The number of hydrogen-bond acceptors (Lipinski definition) is 3. The standard InChI is InChI=1S/C12H16F3N3O/c1-18(7-10(11(16)17)12(13,14)15)8-3-5-9(19-2)6-4-8/h3-6,10H,7H2,1-2H3,(H3,16,17). The van der Waals surface area contributed by atoms with Gasteiger partial charge in [0, 0.05) is 19.3 Å². The number of alkyl halides is 3. The molecule has 0 radical (unpaired) electrons. The number of nitrogens with zero attached hydrogens (tertiary/aromatic N) is 1. The molecule has 0 fully saturated rings. The van der Waals surface area contributed by atoms with Crippen molar-refractivity contribution in [3.8, 4) is 5.75 Å². The molecule has 0 saturated heterocycles. The van der Waals surface area contributed by atoms with E-state index in [1.807, 2.05) is 0 Å². The zero-order valence-electron chi connectivity index (χ0n) is 10.7. The van der Waals surface area contributed by atoms with Crippen LogP contribution in [-0.2, 0) is 0 Å². The zero-order chi connectivity index (χ0) is 14.6. The second-order valence-electron chi connectivity index (χ2n) is 4.13. The lowest BCUT2D eigenvalue weighted by Crippen LogP contribution is -2.43. The van der Waals surface area contributed by atoms with E-state index in [0.717, 1.165) is 0 Å². The quantitative estimate of drug-likeness (QED) is 0.640. The van der Waals surface area contributed by atoms with Gasteiger partial charge in [-0.2, -0.15) is 13.2 Å². The molecule has 0 heterocycles. The number of nitrogens with one attached hydrogen (secondary N) is 1. The van der Waals surface area contributed by atoms with Gasteiger partial charge in [0.25, 0.3) is 0 Å². The maximum atomic E-state index is 12.7. The molecule has 0 saturated carbocycles. The monoisotopic (exact) mass is 275 g/mol. The van der Waals surface area contributed by atoms with Crippen LogP contribution in [0, 0.1) is 11.3 Å². The molecule has 0 spiro atoms. The lowest BCUT2D eigenvalue weighted by atomic mass is 10.1. The minimum absolute atomic E-state index is 0.398. The summed E-state index contributed by atoms with van der Waals surface area (Å²) >= 11 is 0. The lowest BCUT2D eigenvalue weighted by Gasteiger charge is -2.26. The fourth-order valence-electron chi connectivity index (χ4n) is 1.59. The maximum absolute atomic E-state index is 12.7. The molecule has 0 aliphatic heterocycles. The smallest absolute Gasteiger partial charge is 0.400 e. The van der Waals surface area contributed by atoms with Crippen molar-refractivity contribution in [1.29, 1.82) is 5.41 Å². The summed E-state index contributed by atoms with van der Waals surface area (Å²) in [5.74, 6) is -2.23. The molecule has 1 rings (SSSR count). The normalized spacial score (nSPS) is 12.9. The van der Waals surface area contributed by atoms with Crippen molar-refractivity contribution < 1.29 is 17.9 Å². The number of benzene rings is 1. The fourth-order valence-corrected chi connectivity index (χ4v) is 1.59. The molecule has 0 bridgehead atoms. The van der Waals surface area contributed by atoms with Gasteiger partial charge in [-0.05, 0) is 24.3 Å². The van der Waals surface area contributed by atoms with Gasteiger partial charge in [-0.1, -0.05) is 0 Å². The second-order valence-corrected chi connectivity index (χ2v) is 4.13. The molecule has 0 aliphatic carbocycles. The number of amidine groups is 1. The Morgan fingerprint density at radius 2 is 1.89 bits per heavy atom. The summed E-state index contributed by atoms with van der Waals surface area (Å²) in [6, 6.07) is 6.60. The molecular formula is C12H16F3N3O. The molecule has 7 heteroatoms. The predicted octanol–water partition coefficient (Wildman–Crippen LogP) is 2.25. The number of anilines is 1. The van der Waals surface area contributed by atoms with Crippen molar-refractivity contribution in [3.05, 3.63) is 24.3 Å². The molecular weight excluding hydrogens is 259 g/mol. The fraction of sp³-hybridized carbons (Fsp3) is 0.417. The molecule has 19 heavy (non-hydrogen) atoms. The molecule has 1 unspecified atom stereocenters. The van der Waals surface area contributed by atoms with E-state index in [9.17, 15) is 13.2 Å². The molecule has 3 N–H and O–H groups in total. The van der Waals surface area contributed by atoms with Crippen molar-refractivity contribution in [1.82, 2.24) is 0 Å². The number of rotatable bonds is 5. The van der Waals surface area contributed by atoms with E-state index in [0.29, 0.717) is 11.4 Å². The van der Waals surface area contributed by atoms with Gasteiger partial charge in [0.15, 0.2) is 0 Å². The Labute approximate surface area is 109 Å². The van der Waals surface area contributed by atoms with Crippen molar-refractivity contribution in [3.63, 3.8) is 0 Å². The van der Waals surface area contributed by atoms with Crippen LogP contribution < -0.4 is 15.4 Å². The second kappa shape index (κ2) is 5.81. The number of ether oxygens (including phenoxy) is 1. The Balaban J connectivity index is 2.81. The first kappa shape index (κ1) is 15.1. The number of halogens is 3. The minimum atomic E-state index is -4.52. The third-order valence-corrected chi connectivity index (χ3v) is 2.74. The van der Waals surface area contributed by atoms with Crippen LogP contribution in [0.3, 0.4) is 0 Å². The summed E-state index contributed by atoms with van der Waals surface area (Å²) in [4.78, 5) is 1.40. The van der Waals surface area contributed by atoms with Crippen LogP contribution in [0.4, 0.5) is 18.9 Å². The van der Waals surface area contributed by atoms with E-state index in [1.54, 1.807) is 24.3 Å². The van der Waals surface area contributed by atoms with Crippen LogP contribution in [-0.4, -0.2) is 32.7 Å². The summed E-state index contributed by atoms with van der Waals surface area (Å²) in [6.07, 6.45) is -4.52. The van der Waals surface area contributed by atoms with E-state index >= 15 is 0 Å². The molecule has 1 aromatic carbocycles. The number of hydrogen-bond donors (Lipinski definition) is 2. The van der Waals surface area contributed by atoms with Crippen LogP contribution in [0.1, 0.15) is 0 Å².